The first kappa shape index (κ1) is 9.01. The van der Waals surface area contributed by atoms with Crippen molar-refractivity contribution in [3.63, 3.8) is 0 Å². The third-order valence-corrected chi connectivity index (χ3v) is 0.706. The maximum absolute atomic E-state index is 11.4. The van der Waals surface area contributed by atoms with Crippen molar-refractivity contribution in [2.75, 3.05) is 0 Å². The van der Waals surface area contributed by atoms with Crippen LogP contribution < -0.4 is 0 Å². The Morgan fingerprint density at radius 3 is 2.00 bits per heavy atom. The van der Waals surface area contributed by atoms with Crippen LogP contribution in [-0.2, 0) is 0 Å². The topological polar surface area (TPSA) is 0 Å². The SMILES string of the molecule is FC(Cl)[CH]CC(F)(F)F. The Kier molecular flexibility index (Phi) is 3.25. The molecule has 0 N–H and O–H groups in total. The lowest BCUT2D eigenvalue weighted by Gasteiger charge is -2.03. The van der Waals surface area contributed by atoms with Crippen molar-refractivity contribution >= 4 is 11.6 Å². The number of rotatable bonds is 2. The lowest BCUT2D eigenvalue weighted by atomic mass is 10.3. The van der Waals surface area contributed by atoms with Gasteiger partial charge in [-0.15, -0.1) is 0 Å². The Balaban J connectivity index is 3.28. The van der Waals surface area contributed by atoms with Gasteiger partial charge in [-0.1, -0.05) is 11.6 Å². The van der Waals surface area contributed by atoms with E-state index in [1.165, 1.54) is 0 Å². The van der Waals surface area contributed by atoms with Crippen LogP contribution in [0.4, 0.5) is 17.6 Å². The fraction of sp³-hybridized carbons (Fsp3) is 0.750. The molecule has 0 aromatic rings. The van der Waals surface area contributed by atoms with E-state index in [9.17, 15) is 17.6 Å². The molecule has 55 valence electrons. The molecular formula is C4H4ClF4. The van der Waals surface area contributed by atoms with Crippen molar-refractivity contribution in [1.29, 1.82) is 0 Å². The zero-order valence-corrected chi connectivity index (χ0v) is 5.01. The van der Waals surface area contributed by atoms with Crippen LogP contribution in [0.25, 0.3) is 0 Å². The highest BCUT2D eigenvalue weighted by molar-refractivity contribution is 6.20. The molecule has 0 saturated heterocycles. The lowest BCUT2D eigenvalue weighted by Crippen LogP contribution is -2.09. The smallest absolute Gasteiger partial charge is 0.230 e. The van der Waals surface area contributed by atoms with E-state index in [1.807, 2.05) is 0 Å². The quantitative estimate of drug-likeness (QED) is 0.434. The van der Waals surface area contributed by atoms with Gasteiger partial charge in [0.1, 0.15) is 0 Å². The predicted molar refractivity (Wildman–Crippen MR) is 25.7 cm³/mol. The van der Waals surface area contributed by atoms with Crippen molar-refractivity contribution in [3.8, 4) is 0 Å². The van der Waals surface area contributed by atoms with E-state index in [0.29, 0.717) is 6.42 Å². The van der Waals surface area contributed by atoms with Crippen LogP contribution >= 0.6 is 11.6 Å². The highest BCUT2D eigenvalue weighted by Gasteiger charge is 2.27. The number of halogens is 5. The van der Waals surface area contributed by atoms with Crippen LogP contribution in [-0.4, -0.2) is 11.8 Å². The van der Waals surface area contributed by atoms with E-state index in [4.69, 9.17) is 0 Å². The fourth-order valence-electron chi connectivity index (χ4n) is 0.223. The van der Waals surface area contributed by atoms with Crippen LogP contribution in [0, 0.1) is 6.42 Å². The van der Waals surface area contributed by atoms with Gasteiger partial charge in [-0.3, -0.25) is 0 Å². The van der Waals surface area contributed by atoms with Gasteiger partial charge in [0, 0.05) is 6.42 Å². The molecule has 0 aromatic carbocycles. The van der Waals surface area contributed by atoms with Crippen molar-refractivity contribution in [3.05, 3.63) is 6.42 Å². The fourth-order valence-corrected chi connectivity index (χ4v) is 0.312. The summed E-state index contributed by atoms with van der Waals surface area (Å²) in [6.07, 6.45) is -5.28. The van der Waals surface area contributed by atoms with E-state index >= 15 is 0 Å². The van der Waals surface area contributed by atoms with Gasteiger partial charge in [0.2, 0.25) is 0 Å². The maximum Gasteiger partial charge on any atom is 0.389 e. The molecule has 0 saturated carbocycles. The van der Waals surface area contributed by atoms with Crippen molar-refractivity contribution in [1.82, 2.24) is 0 Å². The van der Waals surface area contributed by atoms with Gasteiger partial charge in [0.05, 0.1) is 6.42 Å². The molecule has 1 unspecified atom stereocenters. The second kappa shape index (κ2) is 3.25. The maximum atomic E-state index is 11.4. The minimum Gasteiger partial charge on any atom is -0.230 e. The molecule has 0 spiro atoms. The van der Waals surface area contributed by atoms with E-state index in [2.05, 4.69) is 11.6 Å². The van der Waals surface area contributed by atoms with Gasteiger partial charge < -0.3 is 0 Å². The summed E-state index contributed by atoms with van der Waals surface area (Å²) in [6, 6.07) is 0. The summed E-state index contributed by atoms with van der Waals surface area (Å²) in [4.78, 5) is 0. The summed E-state index contributed by atoms with van der Waals surface area (Å²) in [5.41, 5.74) is -2.01. The largest absolute Gasteiger partial charge is 0.389 e. The lowest BCUT2D eigenvalue weighted by molar-refractivity contribution is -0.128. The standard InChI is InChI=1S/C4H4ClF4/c5-3(6)1-2-4(7,8)9/h1,3H,2H2. The van der Waals surface area contributed by atoms with E-state index < -0.39 is 18.2 Å². The Bertz CT molecular complexity index is 77.1. The van der Waals surface area contributed by atoms with Crippen LogP contribution in [0.3, 0.4) is 0 Å². The molecule has 0 aliphatic heterocycles. The van der Waals surface area contributed by atoms with Gasteiger partial charge in [0.15, 0.2) is 5.63 Å². The summed E-state index contributed by atoms with van der Waals surface area (Å²) >= 11 is 4.56. The Labute approximate surface area is 54.8 Å². The Morgan fingerprint density at radius 2 is 1.89 bits per heavy atom. The summed E-state index contributed by atoms with van der Waals surface area (Å²) < 4.78 is 44.9. The second-order valence-corrected chi connectivity index (χ2v) is 1.81. The average molecular weight is 164 g/mol. The molecule has 0 fully saturated rings. The normalized spacial score (nSPS) is 15.7. The van der Waals surface area contributed by atoms with Gasteiger partial charge >= 0.3 is 6.18 Å². The summed E-state index contributed by atoms with van der Waals surface area (Å²) in [5.74, 6) is 0. The van der Waals surface area contributed by atoms with Crippen molar-refractivity contribution < 1.29 is 17.6 Å². The number of hydrogen-bond donors (Lipinski definition) is 0. The van der Waals surface area contributed by atoms with E-state index in [1.54, 1.807) is 0 Å². The zero-order chi connectivity index (χ0) is 7.49. The van der Waals surface area contributed by atoms with Crippen molar-refractivity contribution in [2.45, 2.75) is 18.2 Å². The molecule has 0 aliphatic carbocycles. The highest BCUT2D eigenvalue weighted by atomic mass is 35.5. The van der Waals surface area contributed by atoms with Crippen molar-refractivity contribution in [2.24, 2.45) is 0 Å². The summed E-state index contributed by atoms with van der Waals surface area (Å²) in [7, 11) is 0. The second-order valence-electron chi connectivity index (χ2n) is 1.39. The van der Waals surface area contributed by atoms with Crippen LogP contribution in [0.1, 0.15) is 6.42 Å². The van der Waals surface area contributed by atoms with Crippen LogP contribution in [0.2, 0.25) is 0 Å². The van der Waals surface area contributed by atoms with E-state index in [-0.39, 0.29) is 0 Å². The Hall–Kier alpha value is 0.01000. The van der Waals surface area contributed by atoms with Gasteiger partial charge in [0.25, 0.3) is 0 Å². The first-order chi connectivity index (χ1) is 3.92. The molecule has 0 nitrogen and oxygen atoms in total. The predicted octanol–water partition coefficient (Wildman–Crippen LogP) is 2.68. The van der Waals surface area contributed by atoms with Crippen LogP contribution in [0.5, 0.6) is 0 Å². The molecule has 0 amide bonds. The molecule has 5 heteroatoms. The van der Waals surface area contributed by atoms with Gasteiger partial charge in [-0.2, -0.15) is 13.2 Å². The molecule has 0 bridgehead atoms. The zero-order valence-electron chi connectivity index (χ0n) is 4.25. The third-order valence-electron chi connectivity index (χ3n) is 0.527. The molecule has 1 atom stereocenters. The van der Waals surface area contributed by atoms with Gasteiger partial charge in [-0.25, -0.2) is 4.39 Å². The summed E-state index contributed by atoms with van der Waals surface area (Å²) in [5, 5.41) is 0. The molecule has 0 aliphatic rings. The minimum absolute atomic E-state index is 0.349. The molecule has 1 radical (unpaired) electrons. The highest BCUT2D eigenvalue weighted by Crippen LogP contribution is 2.23. The minimum atomic E-state index is -4.35. The Morgan fingerprint density at radius 1 is 1.44 bits per heavy atom. The number of hydrogen-bond acceptors (Lipinski definition) is 0. The summed E-state index contributed by atoms with van der Waals surface area (Å²) in [6.45, 7) is 0. The van der Waals surface area contributed by atoms with Gasteiger partial charge in [-0.05, 0) is 0 Å². The first-order valence-corrected chi connectivity index (χ1v) is 2.53. The molecule has 0 heterocycles. The molecular weight excluding hydrogens is 159 g/mol. The third kappa shape index (κ3) is 8.01. The molecule has 0 rings (SSSR count). The average Bonchev–Trinajstić information content (AvgIpc) is 1.59. The van der Waals surface area contributed by atoms with Crippen LogP contribution in [0.15, 0.2) is 0 Å². The van der Waals surface area contributed by atoms with E-state index in [0.717, 1.165) is 0 Å². The number of alkyl halides is 5. The molecule has 0 aromatic heterocycles. The molecule has 9 heavy (non-hydrogen) atoms. The first-order valence-electron chi connectivity index (χ1n) is 2.10. The monoisotopic (exact) mass is 163 g/mol.